The first-order chi connectivity index (χ1) is 11.9. The lowest BCUT2D eigenvalue weighted by atomic mass is 9.98. The molecule has 0 saturated heterocycles. The van der Waals surface area contributed by atoms with Crippen molar-refractivity contribution in [1.29, 1.82) is 0 Å². The first-order valence-corrected chi connectivity index (χ1v) is 10.3. The minimum atomic E-state index is -3.77. The molecule has 1 N–H and O–H groups in total. The van der Waals surface area contributed by atoms with E-state index >= 15 is 0 Å². The Morgan fingerprint density at radius 3 is 2.28 bits per heavy atom. The van der Waals surface area contributed by atoms with E-state index < -0.39 is 21.5 Å². The highest BCUT2D eigenvalue weighted by Gasteiger charge is 2.27. The maximum absolute atomic E-state index is 12.5. The van der Waals surface area contributed by atoms with E-state index in [1.165, 1.54) is 28.3 Å². The summed E-state index contributed by atoms with van der Waals surface area (Å²) in [6, 6.07) is 5.26. The summed E-state index contributed by atoms with van der Waals surface area (Å²) < 4.78 is 29.9. The molecule has 1 aromatic heterocycles. The van der Waals surface area contributed by atoms with Gasteiger partial charge in [-0.2, -0.15) is 0 Å². The van der Waals surface area contributed by atoms with Crippen LogP contribution in [0.1, 0.15) is 40.9 Å². The molecule has 0 aliphatic heterocycles. The van der Waals surface area contributed by atoms with Gasteiger partial charge >= 0.3 is 0 Å². The normalized spacial score (nSPS) is 15.9. The highest BCUT2D eigenvalue weighted by molar-refractivity contribution is 7.92. The van der Waals surface area contributed by atoms with Crippen molar-refractivity contribution >= 4 is 21.4 Å². The largest absolute Gasteiger partial charge is 0.450 e. The molecule has 0 bridgehead atoms. The first kappa shape index (κ1) is 16.4. The Bertz CT molecular complexity index is 924. The van der Waals surface area contributed by atoms with Gasteiger partial charge in [0.05, 0.1) is 0 Å². The summed E-state index contributed by atoms with van der Waals surface area (Å²) >= 11 is 0. The van der Waals surface area contributed by atoms with Gasteiger partial charge in [0.1, 0.15) is 11.5 Å². The number of aryl methyl sites for hydroxylation is 3. The Labute approximate surface area is 147 Å². The molecule has 0 atom stereocenters. The zero-order chi connectivity index (χ0) is 17.6. The Hall–Kier alpha value is -2.08. The Balaban J connectivity index is 1.60. The van der Waals surface area contributed by atoms with E-state index in [-0.39, 0.29) is 5.09 Å². The van der Waals surface area contributed by atoms with E-state index in [0.29, 0.717) is 5.76 Å². The van der Waals surface area contributed by atoms with Gasteiger partial charge in [0.15, 0.2) is 0 Å². The number of hydrogen-bond donors (Lipinski definition) is 1. The van der Waals surface area contributed by atoms with Gasteiger partial charge < -0.3 is 9.73 Å². The quantitative estimate of drug-likeness (QED) is 0.910. The van der Waals surface area contributed by atoms with Crippen LogP contribution in [0.2, 0.25) is 0 Å². The van der Waals surface area contributed by atoms with Gasteiger partial charge in [-0.1, -0.05) is 6.07 Å². The number of rotatable bonds is 4. The lowest BCUT2D eigenvalue weighted by molar-refractivity contribution is -0.113. The van der Waals surface area contributed by atoms with E-state index in [0.717, 1.165) is 44.2 Å². The second kappa shape index (κ2) is 6.02. The number of carbonyl (C=O) groups excluding carboxylic acids is 1. The van der Waals surface area contributed by atoms with Crippen molar-refractivity contribution in [3.63, 3.8) is 0 Å². The number of anilines is 1. The van der Waals surface area contributed by atoms with Crippen LogP contribution in [0.25, 0.3) is 0 Å². The van der Waals surface area contributed by atoms with Crippen molar-refractivity contribution in [2.24, 2.45) is 0 Å². The van der Waals surface area contributed by atoms with E-state index in [1.807, 2.05) is 0 Å². The monoisotopic (exact) mass is 359 g/mol. The maximum atomic E-state index is 12.5. The Kier molecular flexibility index (Phi) is 3.95. The molecule has 0 unspecified atom stereocenters. The fourth-order valence-corrected chi connectivity index (χ4v) is 5.06. The maximum Gasteiger partial charge on any atom is 0.240 e. The van der Waals surface area contributed by atoms with E-state index in [2.05, 4.69) is 11.4 Å². The highest BCUT2D eigenvalue weighted by atomic mass is 32.2. The zero-order valence-corrected chi connectivity index (χ0v) is 15.0. The van der Waals surface area contributed by atoms with Crippen LogP contribution >= 0.6 is 0 Å². The third-order valence-corrected chi connectivity index (χ3v) is 6.56. The molecular weight excluding hydrogens is 338 g/mol. The molecule has 0 fully saturated rings. The van der Waals surface area contributed by atoms with Crippen LogP contribution < -0.4 is 5.32 Å². The minimum Gasteiger partial charge on any atom is -0.450 e. The number of hydrogen-bond acceptors (Lipinski definition) is 4. The number of amides is 1. The summed E-state index contributed by atoms with van der Waals surface area (Å²) in [7, 11) is -3.77. The van der Waals surface area contributed by atoms with Gasteiger partial charge in [-0.15, -0.1) is 0 Å². The van der Waals surface area contributed by atoms with Crippen LogP contribution in [0.4, 0.5) is 5.69 Å². The summed E-state index contributed by atoms with van der Waals surface area (Å²) in [5.74, 6) is -0.584. The molecule has 2 aliphatic rings. The standard InChI is InChI=1S/C19H21NO4S/c1-12-8-9-18(24-12)25(22,23)11-17(21)20-19-15-6-2-4-13(15)10-14-5-3-7-16(14)19/h8-10H,2-7,11H2,1H3,(H,20,21). The number of carbonyl (C=O) groups is 1. The molecular formula is C19H21NO4S. The SMILES string of the molecule is Cc1ccc(S(=O)(=O)CC(=O)Nc2c3c(cc4c2CCC4)CCC3)o1. The summed E-state index contributed by atoms with van der Waals surface area (Å²) in [6.45, 7) is 1.68. The molecule has 1 amide bonds. The fraction of sp³-hybridized carbons (Fsp3) is 0.421. The number of sulfone groups is 1. The number of furan rings is 1. The second-order valence-electron chi connectivity index (χ2n) is 6.91. The average molecular weight is 359 g/mol. The molecule has 25 heavy (non-hydrogen) atoms. The topological polar surface area (TPSA) is 76.4 Å². The predicted octanol–water partition coefficient (Wildman–Crippen LogP) is 2.98. The van der Waals surface area contributed by atoms with Crippen LogP contribution in [0, 0.1) is 6.92 Å². The summed E-state index contributed by atoms with van der Waals surface area (Å²) in [5.41, 5.74) is 5.87. The van der Waals surface area contributed by atoms with Crippen molar-refractivity contribution in [2.45, 2.75) is 50.5 Å². The van der Waals surface area contributed by atoms with Gasteiger partial charge in [-0.3, -0.25) is 4.79 Å². The highest BCUT2D eigenvalue weighted by Crippen LogP contribution is 2.38. The van der Waals surface area contributed by atoms with Crippen molar-refractivity contribution in [3.8, 4) is 0 Å². The second-order valence-corrected chi connectivity index (χ2v) is 8.83. The molecule has 132 valence electrons. The molecule has 2 aliphatic carbocycles. The number of nitrogens with one attached hydrogen (secondary N) is 1. The Morgan fingerprint density at radius 2 is 1.72 bits per heavy atom. The van der Waals surface area contributed by atoms with E-state index in [4.69, 9.17) is 4.42 Å². The first-order valence-electron chi connectivity index (χ1n) is 8.69. The zero-order valence-electron chi connectivity index (χ0n) is 14.2. The van der Waals surface area contributed by atoms with Gasteiger partial charge in [-0.05, 0) is 79.8 Å². The number of benzene rings is 1. The van der Waals surface area contributed by atoms with E-state index in [1.54, 1.807) is 13.0 Å². The number of fused-ring (bicyclic) bond motifs is 2. The third kappa shape index (κ3) is 2.99. The summed E-state index contributed by atoms with van der Waals surface area (Å²) in [5, 5.41) is 2.77. The van der Waals surface area contributed by atoms with E-state index in [9.17, 15) is 13.2 Å². The van der Waals surface area contributed by atoms with Crippen LogP contribution in [0.5, 0.6) is 0 Å². The van der Waals surface area contributed by atoms with Gasteiger partial charge in [-0.25, -0.2) is 8.42 Å². The lowest BCUT2D eigenvalue weighted by Crippen LogP contribution is -2.24. The van der Waals surface area contributed by atoms with Gasteiger partial charge in [0.25, 0.3) is 0 Å². The van der Waals surface area contributed by atoms with Crippen molar-refractivity contribution in [2.75, 3.05) is 11.1 Å². The average Bonchev–Trinajstić information content (AvgIpc) is 3.25. The van der Waals surface area contributed by atoms with Crippen LogP contribution in [-0.4, -0.2) is 20.1 Å². The van der Waals surface area contributed by atoms with Crippen molar-refractivity contribution in [3.05, 3.63) is 46.2 Å². The predicted molar refractivity (Wildman–Crippen MR) is 94.6 cm³/mol. The van der Waals surface area contributed by atoms with Gasteiger partial charge in [0, 0.05) is 5.69 Å². The van der Waals surface area contributed by atoms with Crippen molar-refractivity contribution in [1.82, 2.24) is 0 Å². The molecule has 4 rings (SSSR count). The lowest BCUT2D eigenvalue weighted by Gasteiger charge is -2.16. The fourth-order valence-electron chi connectivity index (χ4n) is 3.97. The molecule has 0 saturated carbocycles. The van der Waals surface area contributed by atoms with Crippen LogP contribution in [0.15, 0.2) is 27.7 Å². The summed E-state index contributed by atoms with van der Waals surface area (Å²) in [6.07, 6.45) is 6.14. The molecule has 2 aromatic rings. The smallest absolute Gasteiger partial charge is 0.240 e. The molecule has 1 aromatic carbocycles. The molecule has 0 radical (unpaired) electrons. The van der Waals surface area contributed by atoms with Crippen LogP contribution in [0.3, 0.4) is 0 Å². The molecule has 6 heteroatoms. The van der Waals surface area contributed by atoms with Crippen molar-refractivity contribution < 1.29 is 17.6 Å². The Morgan fingerprint density at radius 1 is 1.08 bits per heavy atom. The summed E-state index contributed by atoms with van der Waals surface area (Å²) in [4.78, 5) is 12.5. The van der Waals surface area contributed by atoms with Crippen LogP contribution in [-0.2, 0) is 40.3 Å². The third-order valence-electron chi connectivity index (χ3n) is 5.08. The minimum absolute atomic E-state index is 0.149. The molecule has 1 heterocycles. The van der Waals surface area contributed by atoms with Gasteiger partial charge in [0.2, 0.25) is 20.8 Å². The molecule has 5 nitrogen and oxygen atoms in total. The molecule has 0 spiro atoms.